The monoisotopic (exact) mass is 462 g/mol. The minimum atomic E-state index is -0.623. The minimum absolute atomic E-state index is 0.121. The number of aromatic nitrogens is 6. The summed E-state index contributed by atoms with van der Waals surface area (Å²) in [6.45, 7) is 6.63. The third-order valence-corrected chi connectivity index (χ3v) is 6.12. The smallest absolute Gasteiger partial charge is 0.293 e. The summed E-state index contributed by atoms with van der Waals surface area (Å²) < 4.78 is 17.4. The average molecular weight is 463 g/mol. The Morgan fingerprint density at radius 1 is 1.00 bits per heavy atom. The number of aromatic amines is 1. The zero-order chi connectivity index (χ0) is 24.1. The first-order valence-electron chi connectivity index (χ1n) is 11.8. The molecule has 0 unspecified atom stereocenters. The van der Waals surface area contributed by atoms with Crippen molar-refractivity contribution in [3.05, 3.63) is 76.0 Å². The van der Waals surface area contributed by atoms with Gasteiger partial charge in [-0.2, -0.15) is 0 Å². The molecule has 0 atom stereocenters. The summed E-state index contributed by atoms with van der Waals surface area (Å²) in [6, 6.07) is 16.0. The van der Waals surface area contributed by atoms with Crippen LogP contribution in [0, 0.1) is 5.92 Å². The van der Waals surface area contributed by atoms with Crippen molar-refractivity contribution in [1.82, 2.24) is 29.8 Å². The standard InChI is InChI=1S/C26H31FN6O/c1-4-7-23-24(16-27)32(15-14-18(2)3)26(34)33(23)17-19-10-12-20(13-11-19)21-8-5-6-9-22(21)25-28-30-31-29-25/h5-6,8-13,18H,4,7,14-17H2,1-3H3,(H,28,29,30,31). The van der Waals surface area contributed by atoms with Crippen LogP contribution in [-0.4, -0.2) is 29.8 Å². The van der Waals surface area contributed by atoms with E-state index in [0.717, 1.165) is 40.8 Å². The van der Waals surface area contributed by atoms with Crippen molar-refractivity contribution >= 4 is 0 Å². The molecule has 2 aromatic heterocycles. The van der Waals surface area contributed by atoms with Gasteiger partial charge in [-0.25, -0.2) is 14.3 Å². The van der Waals surface area contributed by atoms with Crippen molar-refractivity contribution < 1.29 is 4.39 Å². The molecular weight excluding hydrogens is 431 g/mol. The molecule has 2 heterocycles. The molecule has 1 N–H and O–H groups in total. The SMILES string of the molecule is CCCc1c(CF)n(CCC(C)C)c(=O)n1Cc1ccc(-c2ccccc2-c2nnn[nH]2)cc1. The summed E-state index contributed by atoms with van der Waals surface area (Å²) in [5, 5.41) is 14.2. The first-order valence-corrected chi connectivity index (χ1v) is 11.8. The van der Waals surface area contributed by atoms with Crippen molar-refractivity contribution in [2.24, 2.45) is 5.92 Å². The number of rotatable bonds is 10. The van der Waals surface area contributed by atoms with E-state index in [1.54, 1.807) is 9.13 Å². The van der Waals surface area contributed by atoms with Crippen molar-refractivity contribution in [2.45, 2.75) is 59.8 Å². The zero-order valence-electron chi connectivity index (χ0n) is 20.0. The van der Waals surface area contributed by atoms with Crippen molar-refractivity contribution in [3.8, 4) is 22.5 Å². The first-order chi connectivity index (χ1) is 16.5. The lowest BCUT2D eigenvalue weighted by molar-refractivity contribution is 0.433. The number of tetrazole rings is 1. The van der Waals surface area contributed by atoms with E-state index in [1.807, 2.05) is 48.5 Å². The quantitative estimate of drug-likeness (QED) is 0.359. The van der Waals surface area contributed by atoms with Gasteiger partial charge in [-0.3, -0.25) is 9.13 Å². The Balaban J connectivity index is 1.65. The Labute approximate surface area is 198 Å². The highest BCUT2D eigenvalue weighted by Gasteiger charge is 2.19. The van der Waals surface area contributed by atoms with Crippen LogP contribution >= 0.6 is 0 Å². The van der Waals surface area contributed by atoms with Crippen LogP contribution in [0.2, 0.25) is 0 Å². The topological polar surface area (TPSA) is 81.4 Å². The van der Waals surface area contributed by atoms with E-state index in [9.17, 15) is 9.18 Å². The van der Waals surface area contributed by atoms with Crippen LogP contribution in [0.5, 0.6) is 0 Å². The van der Waals surface area contributed by atoms with Gasteiger partial charge in [0.25, 0.3) is 0 Å². The highest BCUT2D eigenvalue weighted by molar-refractivity contribution is 5.80. The lowest BCUT2D eigenvalue weighted by atomic mass is 9.98. The normalized spacial score (nSPS) is 11.4. The van der Waals surface area contributed by atoms with Crippen LogP contribution in [0.25, 0.3) is 22.5 Å². The van der Waals surface area contributed by atoms with Crippen LogP contribution in [0.15, 0.2) is 53.3 Å². The molecule has 0 amide bonds. The fraction of sp³-hybridized carbons (Fsp3) is 0.385. The Morgan fingerprint density at radius 2 is 1.74 bits per heavy atom. The van der Waals surface area contributed by atoms with Crippen LogP contribution in [-0.2, 0) is 26.2 Å². The summed E-state index contributed by atoms with van der Waals surface area (Å²) in [7, 11) is 0. The maximum Gasteiger partial charge on any atom is 0.328 e. The summed E-state index contributed by atoms with van der Waals surface area (Å²) in [6.07, 6.45) is 2.38. The predicted octanol–water partition coefficient (Wildman–Crippen LogP) is 5.01. The number of hydrogen-bond acceptors (Lipinski definition) is 4. The number of halogens is 1. The molecule has 0 radical (unpaired) electrons. The molecule has 0 aliphatic heterocycles. The molecule has 2 aromatic carbocycles. The molecule has 0 aliphatic rings. The van der Waals surface area contributed by atoms with E-state index in [2.05, 4.69) is 41.4 Å². The van der Waals surface area contributed by atoms with Gasteiger partial charge in [-0.1, -0.05) is 75.7 Å². The highest BCUT2D eigenvalue weighted by Crippen LogP contribution is 2.30. The second-order valence-electron chi connectivity index (χ2n) is 8.97. The van der Waals surface area contributed by atoms with E-state index in [4.69, 9.17) is 0 Å². The molecule has 0 spiro atoms. The summed E-state index contributed by atoms with van der Waals surface area (Å²) in [5.41, 5.74) is 5.16. The Kier molecular flexibility index (Phi) is 7.35. The largest absolute Gasteiger partial charge is 0.328 e. The number of H-pyrrole nitrogens is 1. The molecule has 4 rings (SSSR count). The molecule has 0 saturated heterocycles. The highest BCUT2D eigenvalue weighted by atomic mass is 19.1. The molecule has 7 nitrogen and oxygen atoms in total. The average Bonchev–Trinajstić information content (AvgIpc) is 3.46. The molecule has 8 heteroatoms. The number of alkyl halides is 1. The fourth-order valence-corrected chi connectivity index (χ4v) is 4.32. The second kappa shape index (κ2) is 10.6. The third-order valence-electron chi connectivity index (χ3n) is 6.12. The fourth-order valence-electron chi connectivity index (χ4n) is 4.32. The number of benzene rings is 2. The van der Waals surface area contributed by atoms with Gasteiger partial charge >= 0.3 is 5.69 Å². The minimum Gasteiger partial charge on any atom is -0.293 e. The van der Waals surface area contributed by atoms with E-state index in [0.29, 0.717) is 36.9 Å². The van der Waals surface area contributed by atoms with Crippen molar-refractivity contribution in [2.75, 3.05) is 0 Å². The number of nitrogens with one attached hydrogen (secondary N) is 1. The van der Waals surface area contributed by atoms with Gasteiger partial charge in [0.2, 0.25) is 0 Å². The molecule has 0 saturated carbocycles. The van der Waals surface area contributed by atoms with Gasteiger partial charge < -0.3 is 0 Å². The Bertz CT molecular complexity index is 1270. The van der Waals surface area contributed by atoms with Gasteiger partial charge in [-0.15, -0.1) is 5.10 Å². The maximum atomic E-state index is 14.0. The number of imidazole rings is 1. The Hall–Kier alpha value is -3.55. The predicted molar refractivity (Wildman–Crippen MR) is 131 cm³/mol. The number of hydrogen-bond donors (Lipinski definition) is 1. The molecule has 0 fully saturated rings. The van der Waals surface area contributed by atoms with Crippen molar-refractivity contribution in [1.29, 1.82) is 0 Å². The van der Waals surface area contributed by atoms with E-state index >= 15 is 0 Å². The van der Waals surface area contributed by atoms with Crippen LogP contribution in [0.4, 0.5) is 4.39 Å². The van der Waals surface area contributed by atoms with E-state index < -0.39 is 6.67 Å². The molecule has 0 bridgehead atoms. The van der Waals surface area contributed by atoms with Gasteiger partial charge in [0.05, 0.1) is 12.2 Å². The number of nitrogens with zero attached hydrogens (tertiary/aromatic N) is 5. The molecule has 4 aromatic rings. The first kappa shape index (κ1) is 23.6. The van der Waals surface area contributed by atoms with Gasteiger partial charge in [0, 0.05) is 17.8 Å². The van der Waals surface area contributed by atoms with E-state index in [-0.39, 0.29) is 5.69 Å². The third kappa shape index (κ3) is 4.85. The molecular formula is C26H31FN6O. The van der Waals surface area contributed by atoms with Crippen LogP contribution in [0.3, 0.4) is 0 Å². The second-order valence-corrected chi connectivity index (χ2v) is 8.97. The summed E-state index contributed by atoms with van der Waals surface area (Å²) in [5.74, 6) is 1.05. The zero-order valence-corrected chi connectivity index (χ0v) is 20.0. The van der Waals surface area contributed by atoms with Gasteiger partial charge in [0.1, 0.15) is 6.67 Å². The molecule has 178 valence electrons. The Morgan fingerprint density at radius 3 is 2.35 bits per heavy atom. The lowest BCUT2D eigenvalue weighted by Gasteiger charge is -2.10. The summed E-state index contributed by atoms with van der Waals surface area (Å²) >= 11 is 0. The summed E-state index contributed by atoms with van der Waals surface area (Å²) in [4.78, 5) is 13.3. The van der Waals surface area contributed by atoms with Crippen LogP contribution in [0.1, 0.15) is 50.6 Å². The molecule has 0 aliphatic carbocycles. The van der Waals surface area contributed by atoms with Crippen LogP contribution < -0.4 is 5.69 Å². The van der Waals surface area contributed by atoms with Gasteiger partial charge in [0.15, 0.2) is 5.82 Å². The van der Waals surface area contributed by atoms with Gasteiger partial charge in [-0.05, 0) is 45.9 Å². The van der Waals surface area contributed by atoms with E-state index in [1.165, 1.54) is 0 Å². The van der Waals surface area contributed by atoms with Crippen molar-refractivity contribution in [3.63, 3.8) is 0 Å². The molecule has 34 heavy (non-hydrogen) atoms. The lowest BCUT2D eigenvalue weighted by Crippen LogP contribution is -2.26. The maximum absolute atomic E-state index is 14.0.